The number of ether oxygens (including phenoxy) is 1. The SMILES string of the molecule is CN=C(NCCOCc1ccccc1)NC1CCCC(C(F)(F)F)C1. The van der Waals surface area contributed by atoms with Gasteiger partial charge in [-0.1, -0.05) is 36.8 Å². The Hall–Kier alpha value is -1.76. The zero-order valence-electron chi connectivity index (χ0n) is 14.5. The van der Waals surface area contributed by atoms with Crippen LogP contribution in [-0.4, -0.2) is 38.4 Å². The maximum Gasteiger partial charge on any atom is 0.391 e. The van der Waals surface area contributed by atoms with Crippen LogP contribution in [-0.2, 0) is 11.3 Å². The number of rotatable bonds is 6. The smallest absolute Gasteiger partial charge is 0.375 e. The summed E-state index contributed by atoms with van der Waals surface area (Å²) in [5, 5.41) is 6.19. The lowest BCUT2D eigenvalue weighted by molar-refractivity contribution is -0.183. The molecule has 140 valence electrons. The molecule has 1 saturated carbocycles. The summed E-state index contributed by atoms with van der Waals surface area (Å²) in [4.78, 5) is 4.08. The van der Waals surface area contributed by atoms with Crippen LogP contribution in [0.2, 0.25) is 0 Å². The van der Waals surface area contributed by atoms with Crippen LogP contribution in [0.3, 0.4) is 0 Å². The number of nitrogens with zero attached hydrogens (tertiary/aromatic N) is 1. The Labute approximate surface area is 146 Å². The molecule has 0 radical (unpaired) electrons. The van der Waals surface area contributed by atoms with E-state index in [9.17, 15) is 13.2 Å². The van der Waals surface area contributed by atoms with Gasteiger partial charge in [-0.2, -0.15) is 13.2 Å². The van der Waals surface area contributed by atoms with E-state index in [0.717, 1.165) is 12.0 Å². The van der Waals surface area contributed by atoms with E-state index in [2.05, 4.69) is 15.6 Å². The molecule has 25 heavy (non-hydrogen) atoms. The third kappa shape index (κ3) is 6.94. The molecule has 2 N–H and O–H groups in total. The quantitative estimate of drug-likeness (QED) is 0.465. The highest BCUT2D eigenvalue weighted by atomic mass is 19.4. The van der Waals surface area contributed by atoms with E-state index in [1.54, 1.807) is 7.05 Å². The van der Waals surface area contributed by atoms with Gasteiger partial charge in [0.1, 0.15) is 0 Å². The van der Waals surface area contributed by atoms with Crippen molar-refractivity contribution in [2.75, 3.05) is 20.2 Å². The van der Waals surface area contributed by atoms with Crippen molar-refractivity contribution in [3.05, 3.63) is 35.9 Å². The third-order valence-corrected chi connectivity index (χ3v) is 4.35. The number of nitrogens with one attached hydrogen (secondary N) is 2. The summed E-state index contributed by atoms with van der Waals surface area (Å²) in [7, 11) is 1.62. The minimum Gasteiger partial charge on any atom is -0.375 e. The molecule has 1 fully saturated rings. The lowest BCUT2D eigenvalue weighted by Crippen LogP contribution is -2.47. The first-order valence-corrected chi connectivity index (χ1v) is 8.64. The highest BCUT2D eigenvalue weighted by molar-refractivity contribution is 5.79. The second-order valence-corrected chi connectivity index (χ2v) is 6.28. The standard InChI is InChI=1S/C18H26F3N3O/c1-22-17(23-10-11-25-13-14-6-3-2-4-7-14)24-16-9-5-8-15(12-16)18(19,20)21/h2-4,6-7,15-16H,5,8-13H2,1H3,(H2,22,23,24). The van der Waals surface area contributed by atoms with Gasteiger partial charge in [0.05, 0.1) is 19.1 Å². The maximum atomic E-state index is 12.9. The molecule has 1 aliphatic rings. The summed E-state index contributed by atoms with van der Waals surface area (Å²) in [5.74, 6) is -0.692. The highest BCUT2D eigenvalue weighted by Crippen LogP contribution is 2.37. The first-order valence-electron chi connectivity index (χ1n) is 8.64. The lowest BCUT2D eigenvalue weighted by atomic mass is 9.85. The molecule has 0 saturated heterocycles. The Morgan fingerprint density at radius 1 is 1.24 bits per heavy atom. The Kier molecular flexibility index (Phi) is 7.55. The number of guanidine groups is 1. The largest absolute Gasteiger partial charge is 0.391 e. The van der Waals surface area contributed by atoms with Crippen LogP contribution in [0.5, 0.6) is 0 Å². The number of hydrogen-bond acceptors (Lipinski definition) is 2. The maximum absolute atomic E-state index is 12.9. The fraction of sp³-hybridized carbons (Fsp3) is 0.611. The number of halogens is 3. The van der Waals surface area contributed by atoms with Crippen molar-refractivity contribution in [2.45, 2.75) is 44.5 Å². The molecule has 1 aliphatic carbocycles. The van der Waals surface area contributed by atoms with Crippen molar-refractivity contribution in [1.82, 2.24) is 10.6 Å². The normalized spacial score (nSPS) is 21.8. The summed E-state index contributed by atoms with van der Waals surface area (Å²) < 4.78 is 44.2. The van der Waals surface area contributed by atoms with Crippen molar-refractivity contribution in [3.8, 4) is 0 Å². The van der Waals surface area contributed by atoms with Gasteiger partial charge in [0, 0.05) is 19.6 Å². The molecule has 4 nitrogen and oxygen atoms in total. The molecule has 2 atom stereocenters. The number of hydrogen-bond donors (Lipinski definition) is 2. The summed E-state index contributed by atoms with van der Waals surface area (Å²) in [6.45, 7) is 1.57. The van der Waals surface area contributed by atoms with E-state index in [0.29, 0.717) is 32.1 Å². The van der Waals surface area contributed by atoms with Gasteiger partial charge in [-0.05, 0) is 24.8 Å². The lowest BCUT2D eigenvalue weighted by Gasteiger charge is -2.31. The van der Waals surface area contributed by atoms with Gasteiger partial charge in [0.25, 0.3) is 0 Å². The third-order valence-electron chi connectivity index (χ3n) is 4.35. The molecule has 0 amide bonds. The van der Waals surface area contributed by atoms with Crippen molar-refractivity contribution in [3.63, 3.8) is 0 Å². The molecule has 2 unspecified atom stereocenters. The Morgan fingerprint density at radius 2 is 2.00 bits per heavy atom. The highest BCUT2D eigenvalue weighted by Gasteiger charge is 2.42. The predicted octanol–water partition coefficient (Wildman–Crippen LogP) is 3.49. The van der Waals surface area contributed by atoms with Gasteiger partial charge >= 0.3 is 6.18 Å². The first kappa shape index (κ1) is 19.6. The van der Waals surface area contributed by atoms with Gasteiger partial charge in [0.2, 0.25) is 0 Å². The van der Waals surface area contributed by atoms with E-state index in [1.807, 2.05) is 30.3 Å². The topological polar surface area (TPSA) is 45.7 Å². The Balaban J connectivity index is 1.66. The van der Waals surface area contributed by atoms with Gasteiger partial charge in [-0.15, -0.1) is 0 Å². The molecular formula is C18H26F3N3O. The minimum absolute atomic E-state index is 0.106. The Morgan fingerprint density at radius 3 is 2.68 bits per heavy atom. The van der Waals surface area contributed by atoms with Crippen LogP contribution in [0.4, 0.5) is 13.2 Å². The molecule has 1 aromatic rings. The predicted molar refractivity (Wildman–Crippen MR) is 92.4 cm³/mol. The van der Waals surface area contributed by atoms with Crippen molar-refractivity contribution < 1.29 is 17.9 Å². The summed E-state index contributed by atoms with van der Waals surface area (Å²) in [5.41, 5.74) is 1.10. The molecule has 2 rings (SSSR count). The number of aliphatic imine (C=N–C) groups is 1. The van der Waals surface area contributed by atoms with Gasteiger partial charge in [-0.25, -0.2) is 0 Å². The number of alkyl halides is 3. The van der Waals surface area contributed by atoms with Crippen molar-refractivity contribution in [1.29, 1.82) is 0 Å². The van der Waals surface area contributed by atoms with Crippen LogP contribution in [0.25, 0.3) is 0 Å². The Bertz CT molecular complexity index is 534. The zero-order chi connectivity index (χ0) is 18.1. The van der Waals surface area contributed by atoms with Gasteiger partial charge in [0.15, 0.2) is 5.96 Å². The van der Waals surface area contributed by atoms with E-state index < -0.39 is 12.1 Å². The second-order valence-electron chi connectivity index (χ2n) is 6.28. The second kappa shape index (κ2) is 9.65. The first-order chi connectivity index (χ1) is 12.0. The van der Waals surface area contributed by atoms with Gasteiger partial charge in [-0.3, -0.25) is 4.99 Å². The minimum atomic E-state index is -4.11. The average molecular weight is 357 g/mol. The fourth-order valence-electron chi connectivity index (χ4n) is 3.01. The summed E-state index contributed by atoms with van der Waals surface area (Å²) in [6.07, 6.45) is -2.46. The van der Waals surface area contributed by atoms with Crippen molar-refractivity contribution in [2.24, 2.45) is 10.9 Å². The fourth-order valence-corrected chi connectivity index (χ4v) is 3.01. The molecule has 0 aromatic heterocycles. The van der Waals surface area contributed by atoms with E-state index in [-0.39, 0.29) is 18.9 Å². The molecule has 0 spiro atoms. The molecular weight excluding hydrogens is 331 g/mol. The average Bonchev–Trinajstić information content (AvgIpc) is 2.61. The van der Waals surface area contributed by atoms with Crippen LogP contribution in [0.15, 0.2) is 35.3 Å². The van der Waals surface area contributed by atoms with E-state index in [1.165, 1.54) is 0 Å². The zero-order valence-corrected chi connectivity index (χ0v) is 14.5. The van der Waals surface area contributed by atoms with Crippen LogP contribution < -0.4 is 10.6 Å². The van der Waals surface area contributed by atoms with Gasteiger partial charge < -0.3 is 15.4 Å². The van der Waals surface area contributed by atoms with E-state index in [4.69, 9.17) is 4.74 Å². The molecule has 0 heterocycles. The van der Waals surface area contributed by atoms with Crippen molar-refractivity contribution >= 4 is 5.96 Å². The van der Waals surface area contributed by atoms with Crippen LogP contribution >= 0.6 is 0 Å². The molecule has 0 bridgehead atoms. The number of benzene rings is 1. The van der Waals surface area contributed by atoms with Crippen LogP contribution in [0.1, 0.15) is 31.2 Å². The monoisotopic (exact) mass is 357 g/mol. The summed E-state index contributed by atoms with van der Waals surface area (Å²) >= 11 is 0. The summed E-state index contributed by atoms with van der Waals surface area (Å²) in [6, 6.07) is 9.66. The van der Waals surface area contributed by atoms with E-state index >= 15 is 0 Å². The molecule has 1 aromatic carbocycles. The molecule has 7 heteroatoms. The molecule has 0 aliphatic heterocycles. The van der Waals surface area contributed by atoms with Crippen LogP contribution in [0, 0.1) is 5.92 Å².